The Balaban J connectivity index is 2.13. The van der Waals surface area contributed by atoms with Crippen LogP contribution in [0.25, 0.3) is 0 Å². The van der Waals surface area contributed by atoms with Gasteiger partial charge in [0.25, 0.3) is 0 Å². The van der Waals surface area contributed by atoms with Crippen LogP contribution in [0.1, 0.15) is 70.8 Å². The maximum Gasteiger partial charge on any atom is 0.343 e. The van der Waals surface area contributed by atoms with E-state index in [1.165, 1.54) is 6.42 Å². The number of benzene rings is 1. The average Bonchev–Trinajstić information content (AvgIpc) is 2.68. The van der Waals surface area contributed by atoms with Crippen LogP contribution in [0.4, 0.5) is 0 Å². The molecule has 0 radical (unpaired) electrons. The van der Waals surface area contributed by atoms with Crippen LogP contribution in [-0.2, 0) is 15.1 Å². The van der Waals surface area contributed by atoms with E-state index in [0.717, 1.165) is 38.5 Å². The molecule has 0 aromatic heterocycles. The SMILES string of the molecule is CCC(N)(CC)CCOC(=O)C(O)(c1ccccc1)C1CCCCC1. The van der Waals surface area contributed by atoms with Crippen LogP contribution in [0.2, 0.25) is 0 Å². The molecule has 0 spiro atoms. The van der Waals surface area contributed by atoms with Gasteiger partial charge in [-0.1, -0.05) is 63.4 Å². The molecule has 1 aromatic carbocycles. The van der Waals surface area contributed by atoms with Crippen molar-refractivity contribution in [2.24, 2.45) is 11.7 Å². The quantitative estimate of drug-likeness (QED) is 0.700. The number of carbonyl (C=O) groups excluding carboxylic acids is 1. The van der Waals surface area contributed by atoms with Crippen molar-refractivity contribution in [3.63, 3.8) is 0 Å². The standard InChI is InChI=1S/C21H33NO3/c1-3-20(22,4-2)15-16-25-19(23)21(24,17-11-7-5-8-12-17)18-13-9-6-10-14-18/h5,7-8,11-12,18,24H,3-4,6,9-10,13-16,22H2,1-2H3. The van der Waals surface area contributed by atoms with Gasteiger partial charge in [-0.15, -0.1) is 0 Å². The van der Waals surface area contributed by atoms with Crippen molar-refractivity contribution >= 4 is 5.97 Å². The third-order valence-electron chi connectivity index (χ3n) is 5.96. The summed E-state index contributed by atoms with van der Waals surface area (Å²) in [5.74, 6) is -0.615. The van der Waals surface area contributed by atoms with Gasteiger partial charge < -0.3 is 15.6 Å². The summed E-state index contributed by atoms with van der Waals surface area (Å²) in [4.78, 5) is 12.9. The van der Waals surface area contributed by atoms with Gasteiger partial charge in [-0.3, -0.25) is 0 Å². The Labute approximate surface area is 151 Å². The van der Waals surface area contributed by atoms with Gasteiger partial charge >= 0.3 is 5.97 Å². The normalized spacial score (nSPS) is 18.6. The molecular formula is C21H33NO3. The highest BCUT2D eigenvalue weighted by Gasteiger charge is 2.47. The highest BCUT2D eigenvalue weighted by Crippen LogP contribution is 2.40. The minimum atomic E-state index is -1.56. The van der Waals surface area contributed by atoms with E-state index in [-0.39, 0.29) is 18.1 Å². The summed E-state index contributed by atoms with van der Waals surface area (Å²) >= 11 is 0. The number of aliphatic hydroxyl groups is 1. The smallest absolute Gasteiger partial charge is 0.343 e. The minimum absolute atomic E-state index is 0.0869. The van der Waals surface area contributed by atoms with Gasteiger partial charge in [-0.05, 0) is 37.7 Å². The van der Waals surface area contributed by atoms with E-state index in [0.29, 0.717) is 12.0 Å². The second kappa shape index (κ2) is 8.81. The lowest BCUT2D eigenvalue weighted by atomic mass is 9.73. The van der Waals surface area contributed by atoms with E-state index >= 15 is 0 Å². The summed E-state index contributed by atoms with van der Waals surface area (Å²) < 4.78 is 5.55. The van der Waals surface area contributed by atoms with Crippen LogP contribution in [0.5, 0.6) is 0 Å². The van der Waals surface area contributed by atoms with Crippen molar-refractivity contribution in [1.29, 1.82) is 0 Å². The van der Waals surface area contributed by atoms with E-state index < -0.39 is 11.6 Å². The van der Waals surface area contributed by atoms with Gasteiger partial charge in [0, 0.05) is 11.5 Å². The first-order chi connectivity index (χ1) is 12.0. The molecule has 0 amide bonds. The van der Waals surface area contributed by atoms with Gasteiger partial charge in [0.15, 0.2) is 5.60 Å². The third kappa shape index (κ3) is 4.62. The molecule has 1 aliphatic carbocycles. The Bertz CT molecular complexity index is 535. The largest absolute Gasteiger partial charge is 0.463 e. The molecule has 3 N–H and O–H groups in total. The number of carbonyl (C=O) groups is 1. The molecule has 1 fully saturated rings. The van der Waals surface area contributed by atoms with Crippen molar-refractivity contribution in [2.45, 2.75) is 76.4 Å². The second-order valence-corrected chi connectivity index (χ2v) is 7.42. The van der Waals surface area contributed by atoms with Crippen LogP contribution in [-0.4, -0.2) is 23.2 Å². The van der Waals surface area contributed by atoms with Gasteiger partial charge in [0.05, 0.1) is 6.61 Å². The summed E-state index contributed by atoms with van der Waals surface area (Å²) in [5, 5.41) is 11.4. The fourth-order valence-corrected chi connectivity index (χ4v) is 3.79. The summed E-state index contributed by atoms with van der Waals surface area (Å²) in [6, 6.07) is 9.24. The third-order valence-corrected chi connectivity index (χ3v) is 5.96. The molecule has 1 aliphatic rings. The van der Waals surface area contributed by atoms with Crippen LogP contribution in [0, 0.1) is 5.92 Å². The maximum absolute atomic E-state index is 12.9. The molecule has 0 aliphatic heterocycles. The molecule has 0 saturated heterocycles. The van der Waals surface area contributed by atoms with Crippen molar-refractivity contribution in [3.05, 3.63) is 35.9 Å². The summed E-state index contributed by atoms with van der Waals surface area (Å²) in [7, 11) is 0. The fraction of sp³-hybridized carbons (Fsp3) is 0.667. The van der Waals surface area contributed by atoms with Crippen molar-refractivity contribution in [1.82, 2.24) is 0 Å². The molecule has 1 unspecified atom stereocenters. The van der Waals surface area contributed by atoms with Crippen LogP contribution in [0.15, 0.2) is 30.3 Å². The van der Waals surface area contributed by atoms with Crippen molar-refractivity contribution in [2.75, 3.05) is 6.61 Å². The van der Waals surface area contributed by atoms with E-state index in [1.54, 1.807) is 0 Å². The Kier molecular flexibility index (Phi) is 7.03. The lowest BCUT2D eigenvalue weighted by Gasteiger charge is -2.37. The van der Waals surface area contributed by atoms with Gasteiger partial charge in [0.2, 0.25) is 0 Å². The molecular weight excluding hydrogens is 314 g/mol. The van der Waals surface area contributed by atoms with E-state index in [2.05, 4.69) is 0 Å². The molecule has 1 saturated carbocycles. The monoisotopic (exact) mass is 347 g/mol. The number of esters is 1. The average molecular weight is 347 g/mol. The Morgan fingerprint density at radius 3 is 2.32 bits per heavy atom. The highest BCUT2D eigenvalue weighted by atomic mass is 16.5. The maximum atomic E-state index is 12.9. The predicted molar refractivity (Wildman–Crippen MR) is 100.0 cm³/mol. The van der Waals surface area contributed by atoms with Crippen LogP contribution >= 0.6 is 0 Å². The lowest BCUT2D eigenvalue weighted by molar-refractivity contribution is -0.176. The molecule has 25 heavy (non-hydrogen) atoms. The minimum Gasteiger partial charge on any atom is -0.463 e. The molecule has 0 heterocycles. The molecule has 4 heteroatoms. The zero-order chi connectivity index (χ0) is 18.3. The van der Waals surface area contributed by atoms with Gasteiger partial charge in [-0.25, -0.2) is 4.79 Å². The predicted octanol–water partition coefficient (Wildman–Crippen LogP) is 3.91. The van der Waals surface area contributed by atoms with Crippen LogP contribution < -0.4 is 5.73 Å². The first-order valence-electron chi connectivity index (χ1n) is 9.70. The van der Waals surface area contributed by atoms with Crippen molar-refractivity contribution in [3.8, 4) is 0 Å². The first kappa shape index (κ1) is 19.9. The lowest BCUT2D eigenvalue weighted by Crippen LogP contribution is -2.46. The van der Waals surface area contributed by atoms with E-state index in [9.17, 15) is 9.90 Å². The van der Waals surface area contributed by atoms with E-state index in [4.69, 9.17) is 10.5 Å². The highest BCUT2D eigenvalue weighted by molar-refractivity contribution is 5.81. The fourth-order valence-electron chi connectivity index (χ4n) is 3.79. The topological polar surface area (TPSA) is 72.5 Å². The molecule has 4 nitrogen and oxygen atoms in total. The second-order valence-electron chi connectivity index (χ2n) is 7.42. The Morgan fingerprint density at radius 1 is 1.16 bits per heavy atom. The number of hydrogen-bond acceptors (Lipinski definition) is 4. The Hall–Kier alpha value is -1.39. The first-order valence-corrected chi connectivity index (χ1v) is 9.70. The Morgan fingerprint density at radius 2 is 1.76 bits per heavy atom. The number of rotatable bonds is 8. The summed E-state index contributed by atoms with van der Waals surface area (Å²) in [6.07, 6.45) is 7.26. The summed E-state index contributed by atoms with van der Waals surface area (Å²) in [6.45, 7) is 4.35. The summed E-state index contributed by atoms with van der Waals surface area (Å²) in [5.41, 5.74) is 5.06. The molecule has 1 atom stereocenters. The van der Waals surface area contributed by atoms with Gasteiger partial charge in [-0.2, -0.15) is 0 Å². The zero-order valence-electron chi connectivity index (χ0n) is 15.7. The number of hydrogen-bond donors (Lipinski definition) is 2. The van der Waals surface area contributed by atoms with E-state index in [1.807, 2.05) is 44.2 Å². The zero-order valence-corrected chi connectivity index (χ0v) is 15.7. The molecule has 140 valence electrons. The molecule has 0 bridgehead atoms. The van der Waals surface area contributed by atoms with Crippen molar-refractivity contribution < 1.29 is 14.6 Å². The van der Waals surface area contributed by atoms with Gasteiger partial charge in [0.1, 0.15) is 0 Å². The number of nitrogens with two attached hydrogens (primary N) is 1. The number of ether oxygens (including phenoxy) is 1. The molecule has 2 rings (SSSR count). The van der Waals surface area contributed by atoms with Crippen LogP contribution in [0.3, 0.4) is 0 Å². The molecule has 1 aromatic rings.